The van der Waals surface area contributed by atoms with E-state index in [0.717, 1.165) is 58.1 Å². The third-order valence-corrected chi connectivity index (χ3v) is 5.74. The molecule has 164 valence electrons. The third kappa shape index (κ3) is 4.01. The van der Waals surface area contributed by atoms with Crippen LogP contribution in [0, 0.1) is 0 Å². The van der Waals surface area contributed by atoms with Crippen molar-refractivity contribution in [1.29, 1.82) is 0 Å². The largest absolute Gasteiger partial charge is 0.496 e. The van der Waals surface area contributed by atoms with Gasteiger partial charge in [0.25, 0.3) is 0 Å². The molecule has 32 heavy (non-hydrogen) atoms. The number of benzene rings is 1. The van der Waals surface area contributed by atoms with Crippen LogP contribution in [0.4, 0.5) is 5.82 Å². The summed E-state index contributed by atoms with van der Waals surface area (Å²) < 4.78 is 13.2. The van der Waals surface area contributed by atoms with Gasteiger partial charge in [-0.05, 0) is 24.6 Å². The number of morpholine rings is 1. The molecule has 0 amide bonds. The van der Waals surface area contributed by atoms with Crippen molar-refractivity contribution >= 4 is 16.7 Å². The van der Waals surface area contributed by atoms with E-state index in [0.29, 0.717) is 13.0 Å². The Bertz CT molecular complexity index is 1250. The summed E-state index contributed by atoms with van der Waals surface area (Å²) in [6.07, 6.45) is 8.28. The van der Waals surface area contributed by atoms with Gasteiger partial charge in [0, 0.05) is 61.7 Å². The summed E-state index contributed by atoms with van der Waals surface area (Å²) in [5.74, 6) is 2.43. The monoisotopic (exact) mass is 430 g/mol. The molecular weight excluding hydrogens is 404 g/mol. The molecule has 1 aliphatic rings. The Labute approximate surface area is 186 Å². The van der Waals surface area contributed by atoms with Crippen molar-refractivity contribution in [2.24, 2.45) is 7.05 Å². The van der Waals surface area contributed by atoms with Gasteiger partial charge >= 0.3 is 0 Å². The van der Waals surface area contributed by atoms with Crippen LogP contribution in [0.25, 0.3) is 22.0 Å². The van der Waals surface area contributed by atoms with Crippen LogP contribution < -0.4 is 9.64 Å². The molecule has 1 atom stereocenters. The zero-order valence-corrected chi connectivity index (χ0v) is 18.5. The van der Waals surface area contributed by atoms with Crippen molar-refractivity contribution in [1.82, 2.24) is 24.7 Å². The van der Waals surface area contributed by atoms with Crippen LogP contribution in [-0.2, 0) is 18.2 Å². The lowest BCUT2D eigenvalue weighted by atomic mass is 10.0. The molecule has 0 aliphatic carbocycles. The van der Waals surface area contributed by atoms with E-state index in [4.69, 9.17) is 14.5 Å². The number of anilines is 1. The quantitative estimate of drug-likeness (QED) is 0.481. The van der Waals surface area contributed by atoms with Crippen LogP contribution in [0.1, 0.15) is 18.3 Å². The van der Waals surface area contributed by atoms with Gasteiger partial charge in [-0.3, -0.25) is 4.68 Å². The maximum absolute atomic E-state index is 5.69. The fourth-order valence-electron chi connectivity index (χ4n) is 4.12. The molecule has 0 radical (unpaired) electrons. The number of methoxy groups -OCH3 is 1. The summed E-state index contributed by atoms with van der Waals surface area (Å²) in [6.45, 7) is 4.38. The minimum atomic E-state index is 0.171. The molecule has 1 aromatic carbocycles. The van der Waals surface area contributed by atoms with Gasteiger partial charge < -0.3 is 14.4 Å². The molecule has 1 saturated heterocycles. The van der Waals surface area contributed by atoms with E-state index in [1.807, 2.05) is 44.0 Å². The first-order chi connectivity index (χ1) is 15.6. The summed E-state index contributed by atoms with van der Waals surface area (Å²) in [4.78, 5) is 16.4. The van der Waals surface area contributed by atoms with Gasteiger partial charge in [0.2, 0.25) is 0 Å². The smallest absolute Gasteiger partial charge is 0.155 e. The lowest BCUT2D eigenvalue weighted by Crippen LogP contribution is -2.41. The maximum Gasteiger partial charge on any atom is 0.155 e. The highest BCUT2D eigenvalue weighted by Crippen LogP contribution is 2.29. The van der Waals surface area contributed by atoms with Crippen LogP contribution in [0.5, 0.6) is 5.75 Å². The highest BCUT2D eigenvalue weighted by Gasteiger charge is 2.21. The van der Waals surface area contributed by atoms with Crippen molar-refractivity contribution in [3.63, 3.8) is 0 Å². The minimum absolute atomic E-state index is 0.171. The van der Waals surface area contributed by atoms with Gasteiger partial charge in [-0.25, -0.2) is 15.0 Å². The maximum atomic E-state index is 5.69. The molecule has 5 rings (SSSR count). The van der Waals surface area contributed by atoms with Gasteiger partial charge in [-0.1, -0.05) is 12.1 Å². The first kappa shape index (κ1) is 20.4. The van der Waals surface area contributed by atoms with E-state index in [9.17, 15) is 0 Å². The van der Waals surface area contributed by atoms with E-state index in [1.54, 1.807) is 11.8 Å². The first-order valence-corrected chi connectivity index (χ1v) is 10.7. The van der Waals surface area contributed by atoms with E-state index in [1.165, 1.54) is 0 Å². The summed E-state index contributed by atoms with van der Waals surface area (Å²) >= 11 is 0. The molecule has 4 heterocycles. The minimum Gasteiger partial charge on any atom is -0.496 e. The number of hydrogen-bond donors (Lipinski definition) is 0. The lowest BCUT2D eigenvalue weighted by molar-refractivity contribution is 0.0530. The Morgan fingerprint density at radius 3 is 2.84 bits per heavy atom. The van der Waals surface area contributed by atoms with E-state index < -0.39 is 0 Å². The van der Waals surface area contributed by atoms with Crippen molar-refractivity contribution in [2.75, 3.05) is 31.7 Å². The molecule has 1 aliphatic heterocycles. The summed E-state index contributed by atoms with van der Waals surface area (Å²) in [5, 5.41) is 5.24. The Morgan fingerprint density at radius 2 is 2.06 bits per heavy atom. The van der Waals surface area contributed by atoms with Gasteiger partial charge in [0.15, 0.2) is 5.82 Å². The zero-order chi connectivity index (χ0) is 22.1. The predicted molar refractivity (Wildman–Crippen MR) is 123 cm³/mol. The van der Waals surface area contributed by atoms with Crippen LogP contribution in [0.3, 0.4) is 0 Å². The van der Waals surface area contributed by atoms with Crippen molar-refractivity contribution in [2.45, 2.75) is 19.4 Å². The topological polar surface area (TPSA) is 78.2 Å². The van der Waals surface area contributed by atoms with Gasteiger partial charge in [0.05, 0.1) is 26.0 Å². The van der Waals surface area contributed by atoms with Gasteiger partial charge in [-0.15, -0.1) is 0 Å². The Kier molecular flexibility index (Phi) is 5.45. The van der Waals surface area contributed by atoms with Crippen molar-refractivity contribution in [3.8, 4) is 16.9 Å². The second-order valence-electron chi connectivity index (χ2n) is 8.09. The highest BCUT2D eigenvalue weighted by atomic mass is 16.5. The highest BCUT2D eigenvalue weighted by molar-refractivity contribution is 5.88. The van der Waals surface area contributed by atoms with Crippen LogP contribution >= 0.6 is 0 Å². The fourth-order valence-corrected chi connectivity index (χ4v) is 4.12. The number of nitrogens with zero attached hydrogens (tertiary/aromatic N) is 6. The number of fused-ring (bicyclic) bond motifs is 1. The van der Waals surface area contributed by atoms with Crippen LogP contribution in [-0.4, -0.2) is 57.6 Å². The normalized spacial score (nSPS) is 16.5. The number of rotatable bonds is 5. The van der Waals surface area contributed by atoms with Crippen LogP contribution in [0.15, 0.2) is 49.1 Å². The second kappa shape index (κ2) is 8.55. The average Bonchev–Trinajstić information content (AvgIpc) is 3.25. The standard InChI is InChI=1S/C24H26N6O2/c1-16-14-30(8-9-32-16)24-23-19(6-7-25-24)12-26-22(28-23)11-18-5-4-17(10-21(18)31-3)20-13-27-29(2)15-20/h4-7,10,12-13,15-16H,8-9,11,14H2,1-3H3. The fraction of sp³-hybridized carbons (Fsp3) is 0.333. The number of aryl methyl sites for hydroxylation is 1. The lowest BCUT2D eigenvalue weighted by Gasteiger charge is -2.32. The molecule has 0 N–H and O–H groups in total. The Morgan fingerprint density at radius 1 is 1.16 bits per heavy atom. The molecule has 4 aromatic rings. The molecule has 0 saturated carbocycles. The first-order valence-electron chi connectivity index (χ1n) is 10.7. The van der Waals surface area contributed by atoms with Crippen molar-refractivity contribution in [3.05, 3.63) is 60.4 Å². The van der Waals surface area contributed by atoms with Crippen molar-refractivity contribution < 1.29 is 9.47 Å². The summed E-state index contributed by atoms with van der Waals surface area (Å²) in [6, 6.07) is 8.14. The third-order valence-electron chi connectivity index (χ3n) is 5.74. The Hall–Kier alpha value is -3.52. The van der Waals surface area contributed by atoms with E-state index in [2.05, 4.69) is 39.0 Å². The van der Waals surface area contributed by atoms with E-state index in [-0.39, 0.29) is 6.10 Å². The average molecular weight is 431 g/mol. The summed E-state index contributed by atoms with van der Waals surface area (Å²) in [7, 11) is 3.60. The zero-order valence-electron chi connectivity index (χ0n) is 18.5. The molecule has 1 unspecified atom stereocenters. The molecule has 0 spiro atoms. The SMILES string of the molecule is COc1cc(-c2cnn(C)c2)ccc1Cc1ncc2ccnc(N3CCOC(C)C3)c2n1. The number of aromatic nitrogens is 5. The van der Waals surface area contributed by atoms with Crippen LogP contribution in [0.2, 0.25) is 0 Å². The molecule has 0 bridgehead atoms. The molecule has 8 nitrogen and oxygen atoms in total. The number of ether oxygens (including phenoxy) is 2. The molecule has 3 aromatic heterocycles. The number of hydrogen-bond acceptors (Lipinski definition) is 7. The predicted octanol–water partition coefficient (Wildman–Crippen LogP) is 3.25. The number of pyridine rings is 1. The molecule has 1 fully saturated rings. The summed E-state index contributed by atoms with van der Waals surface area (Å²) in [5.41, 5.74) is 4.02. The van der Waals surface area contributed by atoms with Gasteiger partial charge in [-0.2, -0.15) is 5.10 Å². The Balaban J connectivity index is 1.47. The van der Waals surface area contributed by atoms with E-state index >= 15 is 0 Å². The second-order valence-corrected chi connectivity index (χ2v) is 8.09. The van der Waals surface area contributed by atoms with Gasteiger partial charge in [0.1, 0.15) is 17.1 Å². The molecule has 8 heteroatoms. The molecular formula is C24H26N6O2.